The number of piperazine rings is 1. The molecule has 0 saturated carbocycles. The molecule has 0 aliphatic carbocycles. The summed E-state index contributed by atoms with van der Waals surface area (Å²) in [6.45, 7) is 5.01. The van der Waals surface area contributed by atoms with Crippen LogP contribution in [0.15, 0.2) is 36.4 Å². The van der Waals surface area contributed by atoms with Gasteiger partial charge in [0.15, 0.2) is 0 Å². The highest BCUT2D eigenvalue weighted by atomic mass is 19.3. The van der Waals surface area contributed by atoms with Crippen LogP contribution < -0.4 is 9.47 Å². The highest BCUT2D eigenvalue weighted by molar-refractivity contribution is 5.91. The standard InChI is InChI=1S/C25H28F4N2O4/c1-14-16(5-8-20(25(32)33)22(14)34-2)11-31-13-17-9-18(31)12-30(17)10-15-3-6-19(7-4-15)35-24(29)21(26)23(27)28/h3-8,17-18,21,23-24H,9-13H2,1-2H3,(H,32,33)/t17-,18-,21?,24?/m0/s1. The Morgan fingerprint density at radius 1 is 1.03 bits per heavy atom. The van der Waals surface area contributed by atoms with E-state index >= 15 is 0 Å². The van der Waals surface area contributed by atoms with Crippen LogP contribution in [-0.4, -0.2) is 72.1 Å². The summed E-state index contributed by atoms with van der Waals surface area (Å²) in [4.78, 5) is 16.2. The van der Waals surface area contributed by atoms with Crippen molar-refractivity contribution in [2.24, 2.45) is 0 Å². The number of nitrogens with zero attached hydrogens (tertiary/aromatic N) is 2. The Kier molecular flexibility index (Phi) is 7.51. The zero-order valence-corrected chi connectivity index (χ0v) is 19.5. The number of alkyl halides is 4. The monoisotopic (exact) mass is 496 g/mol. The smallest absolute Gasteiger partial charge is 0.339 e. The van der Waals surface area contributed by atoms with Crippen LogP contribution in [0.3, 0.4) is 0 Å². The van der Waals surface area contributed by atoms with E-state index in [-0.39, 0.29) is 11.3 Å². The van der Waals surface area contributed by atoms with Gasteiger partial charge in [0, 0.05) is 38.3 Å². The van der Waals surface area contributed by atoms with E-state index in [0.29, 0.717) is 30.9 Å². The van der Waals surface area contributed by atoms with Crippen molar-refractivity contribution in [3.05, 3.63) is 58.7 Å². The number of carboxylic acids is 1. The van der Waals surface area contributed by atoms with Gasteiger partial charge in [-0.3, -0.25) is 9.80 Å². The molecule has 2 fully saturated rings. The molecule has 2 aliphatic heterocycles. The maximum Gasteiger partial charge on any atom is 0.339 e. The molecule has 2 bridgehead atoms. The molecular formula is C25H28F4N2O4. The minimum absolute atomic E-state index is 0.00150. The number of hydrogen-bond donors (Lipinski definition) is 1. The number of carbonyl (C=O) groups is 1. The lowest BCUT2D eigenvalue weighted by atomic mass is 10.0. The van der Waals surface area contributed by atoms with E-state index in [4.69, 9.17) is 4.74 Å². The van der Waals surface area contributed by atoms with Crippen molar-refractivity contribution in [2.75, 3.05) is 20.2 Å². The molecule has 0 spiro atoms. The molecule has 2 aliphatic rings. The van der Waals surface area contributed by atoms with Gasteiger partial charge in [0.05, 0.1) is 7.11 Å². The summed E-state index contributed by atoms with van der Waals surface area (Å²) in [6.07, 6.45) is -8.12. The molecule has 2 aromatic rings. The van der Waals surface area contributed by atoms with Crippen LogP contribution in [0.4, 0.5) is 17.6 Å². The largest absolute Gasteiger partial charge is 0.496 e. The molecule has 4 rings (SSSR count). The van der Waals surface area contributed by atoms with E-state index in [9.17, 15) is 27.5 Å². The van der Waals surface area contributed by atoms with Gasteiger partial charge in [-0.25, -0.2) is 18.0 Å². The quantitative estimate of drug-likeness (QED) is 0.491. The van der Waals surface area contributed by atoms with Gasteiger partial charge in [-0.05, 0) is 48.2 Å². The van der Waals surface area contributed by atoms with Crippen LogP contribution in [0.1, 0.15) is 33.5 Å². The van der Waals surface area contributed by atoms with Crippen LogP contribution in [0.2, 0.25) is 0 Å². The van der Waals surface area contributed by atoms with Crippen molar-refractivity contribution in [3.8, 4) is 11.5 Å². The summed E-state index contributed by atoms with van der Waals surface area (Å²) < 4.78 is 61.0. The van der Waals surface area contributed by atoms with E-state index in [2.05, 4.69) is 14.5 Å². The number of methoxy groups -OCH3 is 1. The Morgan fingerprint density at radius 2 is 1.66 bits per heavy atom. The first-order chi connectivity index (χ1) is 16.7. The maximum atomic E-state index is 13.5. The molecule has 1 N–H and O–H groups in total. The molecule has 190 valence electrons. The van der Waals surface area contributed by atoms with Crippen LogP contribution in [0, 0.1) is 6.92 Å². The molecule has 0 amide bonds. The van der Waals surface area contributed by atoms with Gasteiger partial charge in [-0.1, -0.05) is 18.2 Å². The van der Waals surface area contributed by atoms with E-state index in [1.165, 1.54) is 19.2 Å². The second kappa shape index (κ2) is 10.4. The Hall–Kier alpha value is -2.85. The first kappa shape index (κ1) is 25.2. The first-order valence-electron chi connectivity index (χ1n) is 11.4. The number of carboxylic acid groups (broad SMARTS) is 1. The number of rotatable bonds is 10. The van der Waals surface area contributed by atoms with Gasteiger partial charge < -0.3 is 14.6 Å². The summed E-state index contributed by atoms with van der Waals surface area (Å²) in [5, 5.41) is 9.37. The van der Waals surface area contributed by atoms with Crippen molar-refractivity contribution >= 4 is 5.97 Å². The van der Waals surface area contributed by atoms with Gasteiger partial charge in [0.25, 0.3) is 12.8 Å². The lowest BCUT2D eigenvalue weighted by Crippen LogP contribution is -2.45. The van der Waals surface area contributed by atoms with Crippen molar-refractivity contribution in [1.82, 2.24) is 9.80 Å². The SMILES string of the molecule is COc1c(C(=O)O)ccc(CN2C[C@@H]3C[C@H]2CN3Cc2ccc(OC(F)C(F)C(F)F)cc2)c1C. The third kappa shape index (κ3) is 5.38. The van der Waals surface area contributed by atoms with E-state index in [0.717, 1.165) is 36.2 Å². The predicted octanol–water partition coefficient (Wildman–Crippen LogP) is 4.44. The third-order valence-corrected chi connectivity index (χ3v) is 6.84. The average Bonchev–Trinajstić information content (AvgIpc) is 3.40. The first-order valence-corrected chi connectivity index (χ1v) is 11.4. The van der Waals surface area contributed by atoms with Crippen molar-refractivity contribution in [2.45, 2.75) is 57.5 Å². The molecule has 0 aromatic heterocycles. The maximum absolute atomic E-state index is 13.5. The zero-order chi connectivity index (χ0) is 25.3. The molecule has 35 heavy (non-hydrogen) atoms. The molecule has 2 saturated heterocycles. The second-order valence-electron chi connectivity index (χ2n) is 9.03. The normalized spacial score (nSPS) is 21.9. The molecule has 10 heteroatoms. The molecule has 6 nitrogen and oxygen atoms in total. The number of halogens is 4. The second-order valence-corrected chi connectivity index (χ2v) is 9.03. The molecule has 2 unspecified atom stereocenters. The van der Waals surface area contributed by atoms with Crippen LogP contribution in [0.5, 0.6) is 11.5 Å². The van der Waals surface area contributed by atoms with E-state index in [1.807, 2.05) is 13.0 Å². The van der Waals surface area contributed by atoms with Crippen LogP contribution >= 0.6 is 0 Å². The van der Waals surface area contributed by atoms with Gasteiger partial charge in [-0.2, -0.15) is 4.39 Å². The summed E-state index contributed by atoms with van der Waals surface area (Å²) in [5.74, 6) is -0.627. The van der Waals surface area contributed by atoms with Gasteiger partial charge >= 0.3 is 5.97 Å². The van der Waals surface area contributed by atoms with Crippen molar-refractivity contribution < 1.29 is 36.9 Å². The topological polar surface area (TPSA) is 62.2 Å². The lowest BCUT2D eigenvalue weighted by Gasteiger charge is -2.34. The Bertz CT molecular complexity index is 1050. The van der Waals surface area contributed by atoms with Crippen molar-refractivity contribution in [1.29, 1.82) is 0 Å². The molecule has 0 radical (unpaired) electrons. The van der Waals surface area contributed by atoms with E-state index in [1.54, 1.807) is 18.2 Å². The van der Waals surface area contributed by atoms with Crippen LogP contribution in [0.25, 0.3) is 0 Å². The highest BCUT2D eigenvalue weighted by Crippen LogP contribution is 2.35. The number of aromatic carboxylic acids is 1. The Labute approximate surface area is 201 Å². The summed E-state index contributed by atoms with van der Waals surface area (Å²) in [5.41, 5.74) is 2.98. The number of fused-ring (bicyclic) bond motifs is 2. The van der Waals surface area contributed by atoms with Gasteiger partial charge in [-0.15, -0.1) is 0 Å². The summed E-state index contributed by atoms with van der Waals surface area (Å²) in [7, 11) is 1.48. The summed E-state index contributed by atoms with van der Waals surface area (Å²) >= 11 is 0. The minimum Gasteiger partial charge on any atom is -0.496 e. The fourth-order valence-corrected chi connectivity index (χ4v) is 4.99. The number of hydrogen-bond acceptors (Lipinski definition) is 5. The molecule has 4 atom stereocenters. The number of ether oxygens (including phenoxy) is 2. The third-order valence-electron chi connectivity index (χ3n) is 6.84. The fraction of sp³-hybridized carbons (Fsp3) is 0.480. The number of benzene rings is 2. The average molecular weight is 497 g/mol. The van der Waals surface area contributed by atoms with Crippen LogP contribution in [-0.2, 0) is 13.1 Å². The Morgan fingerprint density at radius 3 is 2.20 bits per heavy atom. The lowest BCUT2D eigenvalue weighted by molar-refractivity contribution is -0.0750. The van der Waals surface area contributed by atoms with Crippen molar-refractivity contribution in [3.63, 3.8) is 0 Å². The number of likely N-dealkylation sites (tertiary alicyclic amines) is 2. The zero-order valence-electron chi connectivity index (χ0n) is 19.5. The fourth-order valence-electron chi connectivity index (χ4n) is 4.99. The highest BCUT2D eigenvalue weighted by Gasteiger charge is 2.43. The molecule has 2 heterocycles. The molecular weight excluding hydrogens is 468 g/mol. The summed E-state index contributed by atoms with van der Waals surface area (Å²) in [6, 6.07) is 10.5. The molecule has 2 aromatic carbocycles. The van der Waals surface area contributed by atoms with Gasteiger partial charge in [0.2, 0.25) is 6.17 Å². The minimum atomic E-state index is -3.44. The Balaban J connectivity index is 1.33. The predicted molar refractivity (Wildman–Crippen MR) is 121 cm³/mol. The van der Waals surface area contributed by atoms with Gasteiger partial charge in [0.1, 0.15) is 17.1 Å². The van der Waals surface area contributed by atoms with E-state index < -0.39 is 24.9 Å².